The minimum Gasteiger partial charge on any atom is -0.435 e. The molecule has 0 fully saturated rings. The van der Waals surface area contributed by atoms with Crippen molar-refractivity contribution in [1.29, 1.82) is 0 Å². The zero-order valence-corrected chi connectivity index (χ0v) is 17.6. The number of aromatic nitrogens is 4. The minimum absolute atomic E-state index is 0.0240. The molecule has 0 spiro atoms. The molecule has 0 bridgehead atoms. The number of hydrogen-bond donors (Lipinski definition) is 1. The SMILES string of the molecule is CC(F)(F)c1ncc(-c2cn3c4c(nc3cc2F)[C@H](O)C[C@@H]4c2ccccc2OC(F)F)cn1. The Bertz CT molecular complexity index is 1370. The highest BCUT2D eigenvalue weighted by Gasteiger charge is 2.37. The molecule has 176 valence electrons. The normalized spacial score (nSPS) is 18.0. The van der Waals surface area contributed by atoms with Crippen LogP contribution in [0.4, 0.5) is 22.0 Å². The number of rotatable bonds is 5. The van der Waals surface area contributed by atoms with Crippen LogP contribution in [0.5, 0.6) is 5.75 Å². The van der Waals surface area contributed by atoms with Crippen molar-refractivity contribution in [2.24, 2.45) is 0 Å². The van der Waals surface area contributed by atoms with Crippen molar-refractivity contribution in [2.45, 2.75) is 37.9 Å². The van der Waals surface area contributed by atoms with E-state index in [0.717, 1.165) is 18.5 Å². The molecule has 3 aromatic heterocycles. The number of para-hydroxylation sites is 1. The number of ether oxygens (including phenoxy) is 1. The Labute approximate surface area is 189 Å². The van der Waals surface area contributed by atoms with Gasteiger partial charge in [-0.25, -0.2) is 19.3 Å². The van der Waals surface area contributed by atoms with Crippen LogP contribution in [-0.2, 0) is 5.92 Å². The maximum atomic E-state index is 14.9. The van der Waals surface area contributed by atoms with E-state index in [-0.39, 0.29) is 28.9 Å². The molecule has 1 N–H and O–H groups in total. The molecule has 6 nitrogen and oxygen atoms in total. The van der Waals surface area contributed by atoms with Gasteiger partial charge >= 0.3 is 12.5 Å². The van der Waals surface area contributed by atoms with Gasteiger partial charge in [0.25, 0.3) is 0 Å². The number of nitrogens with zero attached hydrogens (tertiary/aromatic N) is 4. The lowest BCUT2D eigenvalue weighted by Crippen LogP contribution is -2.12. The number of halogens is 5. The summed E-state index contributed by atoms with van der Waals surface area (Å²) in [5.41, 5.74) is 1.59. The average Bonchev–Trinajstić information content (AvgIpc) is 3.29. The fourth-order valence-electron chi connectivity index (χ4n) is 4.29. The summed E-state index contributed by atoms with van der Waals surface area (Å²) in [6, 6.07) is 7.38. The lowest BCUT2D eigenvalue weighted by molar-refractivity contribution is -0.0506. The molecule has 0 unspecified atom stereocenters. The zero-order chi connectivity index (χ0) is 24.2. The Kier molecular flexibility index (Phi) is 5.23. The fourth-order valence-corrected chi connectivity index (χ4v) is 4.29. The predicted molar refractivity (Wildman–Crippen MR) is 110 cm³/mol. The van der Waals surface area contributed by atoms with Crippen molar-refractivity contribution in [3.05, 3.63) is 77.5 Å². The van der Waals surface area contributed by atoms with Gasteiger partial charge in [-0.15, -0.1) is 0 Å². The van der Waals surface area contributed by atoms with Crippen molar-refractivity contribution in [3.8, 4) is 16.9 Å². The summed E-state index contributed by atoms with van der Waals surface area (Å²) in [6.07, 6.45) is 2.76. The first-order chi connectivity index (χ1) is 16.1. The molecule has 0 radical (unpaired) electrons. The Morgan fingerprint density at radius 2 is 1.88 bits per heavy atom. The van der Waals surface area contributed by atoms with Crippen LogP contribution in [-0.4, -0.2) is 31.1 Å². The van der Waals surface area contributed by atoms with E-state index >= 15 is 0 Å². The summed E-state index contributed by atoms with van der Waals surface area (Å²) in [6.45, 7) is -2.38. The number of aliphatic hydroxyl groups excluding tert-OH is 1. The molecule has 1 aliphatic carbocycles. The number of fused-ring (bicyclic) bond motifs is 3. The summed E-state index contributed by atoms with van der Waals surface area (Å²) in [5.74, 6) is -5.23. The van der Waals surface area contributed by atoms with Gasteiger partial charge in [0.15, 0.2) is 5.82 Å². The van der Waals surface area contributed by atoms with Crippen LogP contribution in [0.1, 0.15) is 48.1 Å². The number of imidazole rings is 1. The highest BCUT2D eigenvalue weighted by atomic mass is 19.3. The van der Waals surface area contributed by atoms with Gasteiger partial charge in [0.1, 0.15) is 17.2 Å². The average molecular weight is 476 g/mol. The first-order valence-electron chi connectivity index (χ1n) is 10.3. The lowest BCUT2D eigenvalue weighted by Gasteiger charge is -2.17. The number of aliphatic hydroxyl groups is 1. The zero-order valence-electron chi connectivity index (χ0n) is 17.6. The second-order valence-electron chi connectivity index (χ2n) is 8.05. The van der Waals surface area contributed by atoms with E-state index in [1.54, 1.807) is 22.6 Å². The number of hydrogen-bond acceptors (Lipinski definition) is 5. The molecule has 5 rings (SSSR count). The van der Waals surface area contributed by atoms with Crippen LogP contribution in [0, 0.1) is 5.82 Å². The van der Waals surface area contributed by atoms with Crippen molar-refractivity contribution < 1.29 is 31.8 Å². The number of benzene rings is 1. The number of pyridine rings is 1. The van der Waals surface area contributed by atoms with Gasteiger partial charge in [0.05, 0.1) is 17.5 Å². The third kappa shape index (κ3) is 3.75. The fraction of sp³-hybridized carbons (Fsp3) is 0.261. The third-order valence-electron chi connectivity index (χ3n) is 5.75. The second-order valence-corrected chi connectivity index (χ2v) is 8.05. The molecule has 0 amide bonds. The molecule has 0 saturated carbocycles. The Balaban J connectivity index is 1.64. The standard InChI is InChI=1S/C23H17F5N4O2/c1-23(27,28)21-29-8-11(9-30-21)14-10-32-18(7-15(14)24)31-19-16(33)6-13(20(19)32)12-4-2-3-5-17(12)34-22(25)26/h2-5,7-10,13,16,22,33H,6H2,1H3/t13-,16-/m1/s1. The molecule has 11 heteroatoms. The van der Waals surface area contributed by atoms with E-state index in [1.807, 2.05) is 0 Å². The van der Waals surface area contributed by atoms with Crippen molar-refractivity contribution >= 4 is 5.65 Å². The van der Waals surface area contributed by atoms with Crippen molar-refractivity contribution in [3.63, 3.8) is 0 Å². The van der Waals surface area contributed by atoms with Crippen molar-refractivity contribution in [2.75, 3.05) is 0 Å². The summed E-state index contributed by atoms with van der Waals surface area (Å²) in [4.78, 5) is 11.6. The van der Waals surface area contributed by atoms with Gasteiger partial charge in [0, 0.05) is 54.2 Å². The van der Waals surface area contributed by atoms with E-state index in [0.29, 0.717) is 23.9 Å². The van der Waals surface area contributed by atoms with E-state index in [2.05, 4.69) is 19.7 Å². The van der Waals surface area contributed by atoms with E-state index < -0.39 is 36.2 Å². The Morgan fingerprint density at radius 1 is 1.18 bits per heavy atom. The van der Waals surface area contributed by atoms with Gasteiger partial charge in [-0.3, -0.25) is 0 Å². The Morgan fingerprint density at radius 3 is 2.56 bits per heavy atom. The van der Waals surface area contributed by atoms with Crippen LogP contribution in [0.15, 0.2) is 48.9 Å². The molecule has 3 heterocycles. The monoisotopic (exact) mass is 476 g/mol. The summed E-state index contributed by atoms with van der Waals surface area (Å²) in [5, 5.41) is 10.6. The topological polar surface area (TPSA) is 72.5 Å². The smallest absolute Gasteiger partial charge is 0.387 e. The second kappa shape index (κ2) is 8.01. The van der Waals surface area contributed by atoms with Crippen LogP contribution in [0.2, 0.25) is 0 Å². The molecule has 1 aliphatic rings. The van der Waals surface area contributed by atoms with E-state index in [1.165, 1.54) is 12.3 Å². The van der Waals surface area contributed by atoms with Gasteiger partial charge in [0.2, 0.25) is 0 Å². The first-order valence-corrected chi connectivity index (χ1v) is 10.3. The summed E-state index contributed by atoms with van der Waals surface area (Å²) >= 11 is 0. The first kappa shape index (κ1) is 22.2. The van der Waals surface area contributed by atoms with Crippen LogP contribution in [0.25, 0.3) is 16.8 Å². The van der Waals surface area contributed by atoms with E-state index in [9.17, 15) is 27.1 Å². The highest BCUT2D eigenvalue weighted by molar-refractivity contribution is 5.65. The molecular formula is C23H17F5N4O2. The molecule has 2 atom stereocenters. The molecule has 34 heavy (non-hydrogen) atoms. The molecule has 4 aromatic rings. The third-order valence-corrected chi connectivity index (χ3v) is 5.75. The highest BCUT2D eigenvalue weighted by Crippen LogP contribution is 2.47. The minimum atomic E-state index is -3.25. The van der Waals surface area contributed by atoms with Crippen LogP contribution in [0.3, 0.4) is 0 Å². The summed E-state index contributed by atoms with van der Waals surface area (Å²) < 4.78 is 73.9. The van der Waals surface area contributed by atoms with Gasteiger partial charge in [-0.05, 0) is 12.5 Å². The maximum Gasteiger partial charge on any atom is 0.387 e. The van der Waals surface area contributed by atoms with E-state index in [4.69, 9.17) is 0 Å². The lowest BCUT2D eigenvalue weighted by atomic mass is 9.95. The molecular weight excluding hydrogens is 459 g/mol. The molecule has 1 aromatic carbocycles. The summed E-state index contributed by atoms with van der Waals surface area (Å²) in [7, 11) is 0. The largest absolute Gasteiger partial charge is 0.435 e. The van der Waals surface area contributed by atoms with Crippen LogP contribution >= 0.6 is 0 Å². The van der Waals surface area contributed by atoms with Gasteiger partial charge < -0.3 is 14.2 Å². The quantitative estimate of drug-likeness (QED) is 0.401. The van der Waals surface area contributed by atoms with Crippen LogP contribution < -0.4 is 4.74 Å². The predicted octanol–water partition coefficient (Wildman–Crippen LogP) is 5.21. The van der Waals surface area contributed by atoms with Gasteiger partial charge in [-0.1, -0.05) is 18.2 Å². The molecule has 0 aliphatic heterocycles. The Hall–Kier alpha value is -3.60. The molecule has 0 saturated heterocycles. The van der Waals surface area contributed by atoms with Crippen molar-refractivity contribution in [1.82, 2.24) is 19.4 Å². The number of alkyl halides is 4. The van der Waals surface area contributed by atoms with Gasteiger partial charge in [-0.2, -0.15) is 17.6 Å². The maximum absolute atomic E-state index is 14.9.